The fraction of sp³-hybridized carbons (Fsp3) is 0.160. The van der Waals surface area contributed by atoms with Crippen LogP contribution in [-0.4, -0.2) is 37.2 Å². The number of amides is 1. The van der Waals surface area contributed by atoms with E-state index in [9.17, 15) is 13.2 Å². The van der Waals surface area contributed by atoms with Crippen molar-refractivity contribution in [2.75, 3.05) is 16.2 Å². The summed E-state index contributed by atoms with van der Waals surface area (Å²) >= 11 is 7.14. The van der Waals surface area contributed by atoms with Gasteiger partial charge in [-0.15, -0.1) is 10.2 Å². The van der Waals surface area contributed by atoms with Crippen LogP contribution in [0, 0.1) is 13.8 Å². The molecule has 0 radical (unpaired) electrons. The van der Waals surface area contributed by atoms with Gasteiger partial charge < -0.3 is 4.74 Å². The molecule has 4 aromatic rings. The van der Waals surface area contributed by atoms with E-state index in [-0.39, 0.29) is 16.6 Å². The molecule has 5 rings (SSSR count). The second-order valence-corrected chi connectivity index (χ2v) is 11.6. The molecule has 8 nitrogen and oxygen atoms in total. The zero-order valence-electron chi connectivity index (χ0n) is 19.3. The fourth-order valence-corrected chi connectivity index (χ4v) is 6.09. The van der Waals surface area contributed by atoms with Gasteiger partial charge in [0.25, 0.3) is 15.9 Å². The van der Waals surface area contributed by atoms with Crippen LogP contribution in [0.1, 0.15) is 11.1 Å². The minimum Gasteiger partial charge on any atom is -0.476 e. The number of aromatic nitrogens is 2. The van der Waals surface area contributed by atoms with Gasteiger partial charge in [0, 0.05) is 10.6 Å². The number of anilines is 2. The predicted octanol–water partition coefficient (Wildman–Crippen LogP) is 5.07. The standard InChI is InChI=1S/C25H21ClN4O4S2/c1-15-3-10-19(11-4-15)36(32,33)30-14-22(34-21-13-16(2)5-12-20(21)30)23(31)27-25-29-28-24(35-25)17-6-8-18(26)9-7-17/h3-13,22H,14H2,1-2H3,(H,27,29,31). The van der Waals surface area contributed by atoms with Crippen LogP contribution >= 0.6 is 22.9 Å². The highest BCUT2D eigenvalue weighted by molar-refractivity contribution is 7.92. The van der Waals surface area contributed by atoms with Crippen molar-refractivity contribution < 1.29 is 17.9 Å². The summed E-state index contributed by atoms with van der Waals surface area (Å²) in [7, 11) is -3.94. The molecule has 3 aromatic carbocycles. The highest BCUT2D eigenvalue weighted by Crippen LogP contribution is 2.38. The number of aryl methyl sites for hydroxylation is 2. The molecule has 0 saturated carbocycles. The van der Waals surface area contributed by atoms with E-state index < -0.39 is 22.0 Å². The summed E-state index contributed by atoms with van der Waals surface area (Å²) in [5.41, 5.74) is 3.01. The van der Waals surface area contributed by atoms with Gasteiger partial charge in [-0.2, -0.15) is 0 Å². The van der Waals surface area contributed by atoms with Gasteiger partial charge in [0.05, 0.1) is 17.1 Å². The molecule has 184 valence electrons. The molecule has 1 N–H and O–H groups in total. The van der Waals surface area contributed by atoms with Gasteiger partial charge in [-0.1, -0.05) is 58.8 Å². The summed E-state index contributed by atoms with van der Waals surface area (Å²) < 4.78 is 34.3. The van der Waals surface area contributed by atoms with E-state index in [1.54, 1.807) is 54.6 Å². The van der Waals surface area contributed by atoms with Gasteiger partial charge in [-0.3, -0.25) is 14.4 Å². The van der Waals surface area contributed by atoms with Gasteiger partial charge in [0.15, 0.2) is 6.10 Å². The van der Waals surface area contributed by atoms with E-state index in [4.69, 9.17) is 16.3 Å². The molecule has 36 heavy (non-hydrogen) atoms. The van der Waals surface area contributed by atoms with Gasteiger partial charge in [0.2, 0.25) is 5.13 Å². The van der Waals surface area contributed by atoms with Gasteiger partial charge in [0.1, 0.15) is 10.8 Å². The SMILES string of the molecule is Cc1ccc(S(=O)(=O)N2CC(C(=O)Nc3nnc(-c4ccc(Cl)cc4)s3)Oc3cc(C)ccc32)cc1. The second kappa shape index (κ2) is 9.53. The first-order valence-electron chi connectivity index (χ1n) is 11.0. The molecule has 11 heteroatoms. The Kier molecular flexibility index (Phi) is 6.42. The van der Waals surface area contributed by atoms with Gasteiger partial charge in [-0.25, -0.2) is 8.42 Å². The van der Waals surface area contributed by atoms with Gasteiger partial charge >= 0.3 is 0 Å². The maximum Gasteiger partial charge on any atom is 0.269 e. The van der Waals surface area contributed by atoms with Crippen LogP contribution in [0.25, 0.3) is 10.6 Å². The quantitative estimate of drug-likeness (QED) is 0.379. The number of fused-ring (bicyclic) bond motifs is 1. The number of carbonyl (C=O) groups excluding carboxylic acids is 1. The number of nitrogens with one attached hydrogen (secondary N) is 1. The lowest BCUT2D eigenvalue weighted by molar-refractivity contribution is -0.122. The lowest BCUT2D eigenvalue weighted by atomic mass is 10.1. The molecule has 2 heterocycles. The molecule has 1 unspecified atom stereocenters. The molecule has 0 bridgehead atoms. The van der Waals surface area contributed by atoms with Crippen LogP contribution in [0.4, 0.5) is 10.8 Å². The molecule has 0 fully saturated rings. The summed E-state index contributed by atoms with van der Waals surface area (Å²) in [6.45, 7) is 3.56. The van der Waals surface area contributed by atoms with E-state index >= 15 is 0 Å². The predicted molar refractivity (Wildman–Crippen MR) is 140 cm³/mol. The number of benzene rings is 3. The number of ether oxygens (including phenoxy) is 1. The maximum absolute atomic E-state index is 13.6. The van der Waals surface area contributed by atoms with Crippen molar-refractivity contribution in [2.24, 2.45) is 0 Å². The van der Waals surface area contributed by atoms with Crippen LogP contribution in [0.3, 0.4) is 0 Å². The Bertz CT molecular complexity index is 1540. The number of halogens is 1. The highest BCUT2D eigenvalue weighted by Gasteiger charge is 2.38. The Balaban J connectivity index is 1.42. The van der Waals surface area contributed by atoms with Crippen LogP contribution in [0.15, 0.2) is 71.6 Å². The molecule has 0 saturated heterocycles. The third-order valence-corrected chi connectivity index (χ3v) is 8.57. The average molecular weight is 541 g/mol. The van der Waals surface area contributed by atoms with Crippen LogP contribution in [-0.2, 0) is 14.8 Å². The Morgan fingerprint density at radius 2 is 1.72 bits per heavy atom. The molecule has 1 aliphatic heterocycles. The molecular weight excluding hydrogens is 520 g/mol. The molecular formula is C25H21ClN4O4S2. The maximum atomic E-state index is 13.6. The summed E-state index contributed by atoms with van der Waals surface area (Å²) in [6, 6.07) is 18.9. The fourth-order valence-electron chi connectivity index (χ4n) is 3.73. The highest BCUT2D eigenvalue weighted by atomic mass is 35.5. The zero-order chi connectivity index (χ0) is 25.4. The van der Waals surface area contributed by atoms with Crippen LogP contribution < -0.4 is 14.4 Å². The topological polar surface area (TPSA) is 101 Å². The lowest BCUT2D eigenvalue weighted by Gasteiger charge is -2.34. The van der Waals surface area contributed by atoms with Crippen LogP contribution in [0.2, 0.25) is 5.02 Å². The first-order valence-corrected chi connectivity index (χ1v) is 13.6. The van der Waals surface area contributed by atoms with Crippen LogP contribution in [0.5, 0.6) is 5.75 Å². The first kappa shape index (κ1) is 24.2. The summed E-state index contributed by atoms with van der Waals surface area (Å²) in [5, 5.41) is 12.4. The Morgan fingerprint density at radius 1 is 1.03 bits per heavy atom. The largest absolute Gasteiger partial charge is 0.476 e. The molecule has 1 atom stereocenters. The Morgan fingerprint density at radius 3 is 2.44 bits per heavy atom. The van der Waals surface area contributed by atoms with Crippen molar-refractivity contribution in [3.63, 3.8) is 0 Å². The first-order chi connectivity index (χ1) is 17.2. The molecule has 1 aromatic heterocycles. The summed E-state index contributed by atoms with van der Waals surface area (Å²) in [4.78, 5) is 13.3. The van der Waals surface area contributed by atoms with Crippen molar-refractivity contribution in [3.8, 4) is 16.3 Å². The number of carbonyl (C=O) groups is 1. The van der Waals surface area contributed by atoms with Crippen molar-refractivity contribution >= 4 is 49.7 Å². The smallest absolute Gasteiger partial charge is 0.269 e. The van der Waals surface area contributed by atoms with E-state index in [1.807, 2.05) is 26.0 Å². The summed E-state index contributed by atoms with van der Waals surface area (Å²) in [5.74, 6) is -0.207. The monoisotopic (exact) mass is 540 g/mol. The number of rotatable bonds is 5. The normalized spacial score (nSPS) is 15.2. The summed E-state index contributed by atoms with van der Waals surface area (Å²) in [6.07, 6.45) is -1.09. The van der Waals surface area contributed by atoms with Crippen molar-refractivity contribution in [1.29, 1.82) is 0 Å². The van der Waals surface area contributed by atoms with E-state index in [2.05, 4.69) is 15.5 Å². The number of nitrogens with zero attached hydrogens (tertiary/aromatic N) is 3. The minimum absolute atomic E-state index is 0.136. The van der Waals surface area contributed by atoms with E-state index in [0.29, 0.717) is 21.5 Å². The van der Waals surface area contributed by atoms with Crippen molar-refractivity contribution in [1.82, 2.24) is 10.2 Å². The molecule has 0 spiro atoms. The molecule has 1 amide bonds. The third kappa shape index (κ3) is 4.79. The van der Waals surface area contributed by atoms with Gasteiger partial charge in [-0.05, 0) is 55.8 Å². The lowest BCUT2D eigenvalue weighted by Crippen LogP contribution is -2.48. The molecule has 0 aliphatic carbocycles. The number of hydrogen-bond donors (Lipinski definition) is 1. The second-order valence-electron chi connectivity index (χ2n) is 8.34. The zero-order valence-corrected chi connectivity index (χ0v) is 21.7. The number of sulfonamides is 1. The van der Waals surface area contributed by atoms with Crippen molar-refractivity contribution in [3.05, 3.63) is 82.9 Å². The van der Waals surface area contributed by atoms with E-state index in [0.717, 1.165) is 16.7 Å². The Hall–Kier alpha value is -3.47. The Labute approximate surface area is 217 Å². The van der Waals surface area contributed by atoms with E-state index in [1.165, 1.54) is 15.6 Å². The molecule has 1 aliphatic rings. The average Bonchev–Trinajstić information content (AvgIpc) is 3.32. The number of hydrogen-bond acceptors (Lipinski definition) is 7. The van der Waals surface area contributed by atoms with Crippen molar-refractivity contribution in [2.45, 2.75) is 24.8 Å². The third-order valence-electron chi connectivity index (χ3n) is 5.63. The minimum atomic E-state index is -3.94.